The molecule has 92 valence electrons. The van der Waals surface area contributed by atoms with E-state index in [-0.39, 0.29) is 30.4 Å². The molecule has 6 heteroatoms. The molecule has 0 aromatic heterocycles. The van der Waals surface area contributed by atoms with Crippen LogP contribution in [0.4, 0.5) is 4.39 Å². The van der Waals surface area contributed by atoms with Gasteiger partial charge >= 0.3 is 5.97 Å². The molecule has 1 aromatic rings. The van der Waals surface area contributed by atoms with Gasteiger partial charge in [-0.05, 0) is 12.1 Å². The highest BCUT2D eigenvalue weighted by atomic mass is 19.1. The van der Waals surface area contributed by atoms with E-state index in [1.165, 1.54) is 6.92 Å². The number of ether oxygens (including phenoxy) is 1. The first-order valence-electron chi connectivity index (χ1n) is 4.91. The topological polar surface area (TPSA) is 75.6 Å². The number of aromatic carboxylic acids is 1. The molecule has 0 aliphatic heterocycles. The number of carboxylic acid groups (broad SMARTS) is 1. The monoisotopic (exact) mass is 241 g/mol. The van der Waals surface area contributed by atoms with Crippen LogP contribution < -0.4 is 10.1 Å². The van der Waals surface area contributed by atoms with Crippen molar-refractivity contribution in [1.29, 1.82) is 0 Å². The van der Waals surface area contributed by atoms with E-state index in [0.717, 1.165) is 18.2 Å². The van der Waals surface area contributed by atoms with Gasteiger partial charge in [-0.25, -0.2) is 9.18 Å². The van der Waals surface area contributed by atoms with Crippen molar-refractivity contribution in [2.24, 2.45) is 0 Å². The van der Waals surface area contributed by atoms with Gasteiger partial charge in [-0.3, -0.25) is 4.79 Å². The zero-order chi connectivity index (χ0) is 12.8. The van der Waals surface area contributed by atoms with Crippen molar-refractivity contribution >= 4 is 11.9 Å². The maximum atomic E-state index is 12.9. The van der Waals surface area contributed by atoms with Crippen molar-refractivity contribution in [3.8, 4) is 5.75 Å². The second-order valence-electron chi connectivity index (χ2n) is 3.28. The zero-order valence-electron chi connectivity index (χ0n) is 9.20. The fraction of sp³-hybridized carbons (Fsp3) is 0.273. The highest BCUT2D eigenvalue weighted by molar-refractivity contribution is 5.90. The van der Waals surface area contributed by atoms with Crippen LogP contribution in [0.2, 0.25) is 0 Å². The summed E-state index contributed by atoms with van der Waals surface area (Å²) in [5.74, 6) is -2.04. The number of carboxylic acids is 1. The molecule has 1 aromatic carbocycles. The fourth-order valence-electron chi connectivity index (χ4n) is 1.18. The lowest BCUT2D eigenvalue weighted by molar-refractivity contribution is -0.119. The molecule has 0 heterocycles. The first-order valence-corrected chi connectivity index (χ1v) is 4.91. The first kappa shape index (κ1) is 13.0. The minimum atomic E-state index is -1.19. The minimum absolute atomic E-state index is 0.0529. The lowest BCUT2D eigenvalue weighted by Crippen LogP contribution is -2.25. The molecule has 17 heavy (non-hydrogen) atoms. The SMILES string of the molecule is CC(=O)NCCOc1cc(F)ccc1C(=O)O. The Hall–Kier alpha value is -2.11. The van der Waals surface area contributed by atoms with E-state index in [2.05, 4.69) is 5.32 Å². The predicted molar refractivity (Wildman–Crippen MR) is 57.5 cm³/mol. The second-order valence-corrected chi connectivity index (χ2v) is 3.28. The molecule has 0 fully saturated rings. The molecule has 5 nitrogen and oxygen atoms in total. The van der Waals surface area contributed by atoms with Crippen LogP contribution in [0.15, 0.2) is 18.2 Å². The first-order chi connectivity index (χ1) is 8.00. The van der Waals surface area contributed by atoms with Gasteiger partial charge < -0.3 is 15.2 Å². The maximum absolute atomic E-state index is 12.9. The van der Waals surface area contributed by atoms with E-state index < -0.39 is 11.8 Å². The lowest BCUT2D eigenvalue weighted by atomic mass is 10.2. The van der Waals surface area contributed by atoms with E-state index in [1.54, 1.807) is 0 Å². The van der Waals surface area contributed by atoms with Gasteiger partial charge in [-0.1, -0.05) is 0 Å². The van der Waals surface area contributed by atoms with E-state index in [4.69, 9.17) is 9.84 Å². The van der Waals surface area contributed by atoms with E-state index in [9.17, 15) is 14.0 Å². The molecule has 0 aliphatic carbocycles. The van der Waals surface area contributed by atoms with Crippen LogP contribution in [0.3, 0.4) is 0 Å². The van der Waals surface area contributed by atoms with Gasteiger partial charge in [-0.2, -0.15) is 0 Å². The standard InChI is InChI=1S/C11H12FNO4/c1-7(14)13-4-5-17-10-6-8(12)2-3-9(10)11(15)16/h2-3,6H,4-5H2,1H3,(H,13,14)(H,15,16). The molecule has 0 saturated heterocycles. The van der Waals surface area contributed by atoms with Gasteiger partial charge in [-0.15, -0.1) is 0 Å². The Morgan fingerprint density at radius 1 is 1.47 bits per heavy atom. The Labute approximate surface area is 97.2 Å². The molecule has 2 N–H and O–H groups in total. The van der Waals surface area contributed by atoms with Crippen LogP contribution in [-0.4, -0.2) is 30.1 Å². The number of hydrogen-bond donors (Lipinski definition) is 2. The molecule has 0 atom stereocenters. The maximum Gasteiger partial charge on any atom is 0.339 e. The summed E-state index contributed by atoms with van der Waals surface area (Å²) in [6.07, 6.45) is 0. The summed E-state index contributed by atoms with van der Waals surface area (Å²) in [5.41, 5.74) is -0.116. The number of carbonyl (C=O) groups is 2. The van der Waals surface area contributed by atoms with Crippen molar-refractivity contribution < 1.29 is 23.8 Å². The van der Waals surface area contributed by atoms with Crippen molar-refractivity contribution in [2.75, 3.05) is 13.2 Å². The van der Waals surface area contributed by atoms with Crippen molar-refractivity contribution in [3.05, 3.63) is 29.6 Å². The van der Waals surface area contributed by atoms with Crippen molar-refractivity contribution in [1.82, 2.24) is 5.32 Å². The largest absolute Gasteiger partial charge is 0.491 e. The fourth-order valence-corrected chi connectivity index (χ4v) is 1.18. The summed E-state index contributed by atoms with van der Waals surface area (Å²) in [4.78, 5) is 21.4. The molecule has 1 rings (SSSR count). The molecule has 0 radical (unpaired) electrons. The van der Waals surface area contributed by atoms with Crippen LogP contribution in [0.1, 0.15) is 17.3 Å². The molecular weight excluding hydrogens is 229 g/mol. The van der Waals surface area contributed by atoms with Gasteiger partial charge in [0.1, 0.15) is 23.7 Å². The Kier molecular flexibility index (Phi) is 4.45. The third kappa shape index (κ3) is 4.10. The number of carbonyl (C=O) groups excluding carboxylic acids is 1. The van der Waals surface area contributed by atoms with Crippen LogP contribution in [-0.2, 0) is 4.79 Å². The molecule has 0 spiro atoms. The van der Waals surface area contributed by atoms with E-state index in [0.29, 0.717) is 0 Å². The van der Waals surface area contributed by atoms with E-state index in [1.807, 2.05) is 0 Å². The Balaban J connectivity index is 2.65. The number of hydrogen-bond acceptors (Lipinski definition) is 3. The van der Waals surface area contributed by atoms with Crippen molar-refractivity contribution in [2.45, 2.75) is 6.92 Å². The zero-order valence-corrected chi connectivity index (χ0v) is 9.20. The van der Waals surface area contributed by atoms with Gasteiger partial charge in [0.15, 0.2) is 0 Å². The molecular formula is C11H12FNO4. The lowest BCUT2D eigenvalue weighted by Gasteiger charge is -2.09. The number of benzene rings is 1. The van der Waals surface area contributed by atoms with Crippen LogP contribution >= 0.6 is 0 Å². The molecule has 1 amide bonds. The minimum Gasteiger partial charge on any atom is -0.491 e. The summed E-state index contributed by atoms with van der Waals surface area (Å²) in [6.45, 7) is 1.65. The van der Waals surface area contributed by atoms with Gasteiger partial charge in [0.25, 0.3) is 0 Å². The molecule has 0 bridgehead atoms. The Morgan fingerprint density at radius 3 is 2.76 bits per heavy atom. The Bertz CT molecular complexity index is 433. The highest BCUT2D eigenvalue weighted by Crippen LogP contribution is 2.19. The summed E-state index contributed by atoms with van der Waals surface area (Å²) in [6, 6.07) is 3.17. The third-order valence-electron chi connectivity index (χ3n) is 1.91. The Morgan fingerprint density at radius 2 is 2.18 bits per heavy atom. The van der Waals surface area contributed by atoms with Gasteiger partial charge in [0, 0.05) is 13.0 Å². The number of amides is 1. The van der Waals surface area contributed by atoms with Crippen LogP contribution in [0, 0.1) is 5.82 Å². The van der Waals surface area contributed by atoms with E-state index >= 15 is 0 Å². The molecule has 0 aliphatic rings. The normalized spacial score (nSPS) is 9.76. The summed E-state index contributed by atoms with van der Waals surface area (Å²) in [7, 11) is 0. The average molecular weight is 241 g/mol. The number of rotatable bonds is 5. The van der Waals surface area contributed by atoms with Crippen molar-refractivity contribution in [3.63, 3.8) is 0 Å². The number of nitrogens with one attached hydrogen (secondary N) is 1. The number of halogens is 1. The summed E-state index contributed by atoms with van der Waals surface area (Å²) < 4.78 is 18.0. The van der Waals surface area contributed by atoms with Gasteiger partial charge in [0.05, 0.1) is 6.54 Å². The third-order valence-corrected chi connectivity index (χ3v) is 1.91. The molecule has 0 unspecified atom stereocenters. The predicted octanol–water partition coefficient (Wildman–Crippen LogP) is 1.04. The smallest absolute Gasteiger partial charge is 0.339 e. The average Bonchev–Trinajstić information content (AvgIpc) is 2.23. The van der Waals surface area contributed by atoms with Crippen LogP contribution in [0.5, 0.6) is 5.75 Å². The van der Waals surface area contributed by atoms with Gasteiger partial charge in [0.2, 0.25) is 5.91 Å². The summed E-state index contributed by atoms with van der Waals surface area (Å²) >= 11 is 0. The second kappa shape index (κ2) is 5.83. The highest BCUT2D eigenvalue weighted by Gasteiger charge is 2.12. The summed E-state index contributed by atoms with van der Waals surface area (Å²) in [5, 5.41) is 11.3. The van der Waals surface area contributed by atoms with Crippen LogP contribution in [0.25, 0.3) is 0 Å². The molecule has 0 saturated carbocycles. The quantitative estimate of drug-likeness (QED) is 0.755.